The minimum atomic E-state index is -3.97. The maximum atomic E-state index is 11.3. The van der Waals surface area contributed by atoms with E-state index in [1.54, 1.807) is 10.8 Å². The molecule has 1 N–H and O–H groups in total. The molecule has 0 radical (unpaired) electrons. The molecule has 0 atom stereocenters. The number of amides is 1. The van der Waals surface area contributed by atoms with Crippen LogP contribution in [0.2, 0.25) is 0 Å². The van der Waals surface area contributed by atoms with E-state index < -0.39 is 16.2 Å². The summed E-state index contributed by atoms with van der Waals surface area (Å²) in [5, 5.41) is 0. The smallest absolute Gasteiger partial charge is 0.366 e. The first-order chi connectivity index (χ1) is 6.48. The number of halogens is 1. The second-order valence-electron chi connectivity index (χ2n) is 2.61. The maximum Gasteiger partial charge on any atom is 0.410 e. The van der Waals surface area contributed by atoms with Crippen molar-refractivity contribution in [2.75, 3.05) is 0 Å². The molecule has 1 aliphatic rings. The van der Waals surface area contributed by atoms with Gasteiger partial charge in [-0.15, -0.1) is 0 Å². The predicted octanol–water partition coefficient (Wildman–Crippen LogP) is 0.816. The van der Waals surface area contributed by atoms with Crippen LogP contribution in [0, 0.1) is 0 Å². The number of benzene rings is 1. The lowest BCUT2D eigenvalue weighted by atomic mass is 10.2. The van der Waals surface area contributed by atoms with Crippen molar-refractivity contribution < 1.29 is 17.4 Å². The SMILES string of the molecule is O=C1NS(=O)(=O)Oc2ccc(Br)cc21. The first-order valence-electron chi connectivity index (χ1n) is 3.54. The number of hydrogen-bond acceptors (Lipinski definition) is 4. The quantitative estimate of drug-likeness (QED) is 0.762. The molecule has 0 aromatic heterocycles. The fourth-order valence-electron chi connectivity index (χ4n) is 1.06. The van der Waals surface area contributed by atoms with Gasteiger partial charge in [0.05, 0.1) is 5.56 Å². The number of carbonyl (C=O) groups excluding carboxylic acids is 1. The van der Waals surface area contributed by atoms with Crippen LogP contribution in [0.25, 0.3) is 0 Å². The second kappa shape index (κ2) is 2.96. The number of nitrogens with one attached hydrogen (secondary N) is 1. The largest absolute Gasteiger partial charge is 0.410 e. The molecule has 1 aliphatic heterocycles. The van der Waals surface area contributed by atoms with Gasteiger partial charge in [0, 0.05) is 4.47 Å². The van der Waals surface area contributed by atoms with Crippen LogP contribution in [-0.4, -0.2) is 14.3 Å². The molecule has 0 spiro atoms. The Bertz CT molecular complexity index is 510. The lowest BCUT2D eigenvalue weighted by Crippen LogP contribution is -2.38. The first kappa shape index (κ1) is 9.47. The van der Waals surface area contributed by atoms with E-state index in [1.165, 1.54) is 12.1 Å². The van der Waals surface area contributed by atoms with Gasteiger partial charge in [-0.05, 0) is 18.2 Å². The molecule has 0 aliphatic carbocycles. The van der Waals surface area contributed by atoms with Crippen molar-refractivity contribution in [2.24, 2.45) is 0 Å². The van der Waals surface area contributed by atoms with Crippen molar-refractivity contribution in [1.29, 1.82) is 0 Å². The van der Waals surface area contributed by atoms with E-state index in [1.807, 2.05) is 0 Å². The van der Waals surface area contributed by atoms with Crippen molar-refractivity contribution >= 4 is 32.1 Å². The monoisotopic (exact) mass is 277 g/mol. The molecule has 5 nitrogen and oxygen atoms in total. The van der Waals surface area contributed by atoms with Gasteiger partial charge in [0.2, 0.25) is 0 Å². The third kappa shape index (κ3) is 1.60. The van der Waals surface area contributed by atoms with Crippen molar-refractivity contribution in [3.05, 3.63) is 28.2 Å². The van der Waals surface area contributed by atoms with E-state index in [0.29, 0.717) is 4.47 Å². The molecule has 1 aromatic rings. The molecule has 0 bridgehead atoms. The Labute approximate surface area is 88.5 Å². The molecular weight excluding hydrogens is 274 g/mol. The summed E-state index contributed by atoms with van der Waals surface area (Å²) in [7, 11) is -3.97. The molecule has 2 rings (SSSR count). The van der Waals surface area contributed by atoms with E-state index in [0.717, 1.165) is 0 Å². The standard InChI is InChI=1S/C7H4BrNO4S/c8-4-1-2-6-5(3-4)7(10)9-14(11,12)13-6/h1-3H,(H,9,10). The Morgan fingerprint density at radius 1 is 1.36 bits per heavy atom. The van der Waals surface area contributed by atoms with E-state index >= 15 is 0 Å². The molecule has 1 amide bonds. The summed E-state index contributed by atoms with van der Waals surface area (Å²) >= 11 is 3.16. The molecule has 7 heteroatoms. The lowest BCUT2D eigenvalue weighted by Gasteiger charge is -2.16. The molecule has 14 heavy (non-hydrogen) atoms. The molecule has 0 fully saturated rings. The van der Waals surface area contributed by atoms with Gasteiger partial charge in [0.15, 0.2) is 5.75 Å². The lowest BCUT2D eigenvalue weighted by molar-refractivity contribution is 0.0970. The maximum absolute atomic E-state index is 11.3. The van der Waals surface area contributed by atoms with E-state index in [9.17, 15) is 13.2 Å². The summed E-state index contributed by atoms with van der Waals surface area (Å²) in [5.41, 5.74) is 0.189. The Hall–Kier alpha value is -1.08. The van der Waals surface area contributed by atoms with Gasteiger partial charge in [0.1, 0.15) is 0 Å². The third-order valence-corrected chi connectivity index (χ3v) is 2.93. The second-order valence-corrected chi connectivity index (χ2v) is 4.80. The van der Waals surface area contributed by atoms with E-state index in [2.05, 4.69) is 20.1 Å². The molecule has 0 saturated heterocycles. The molecule has 1 heterocycles. The minimum absolute atomic E-state index is 0.0388. The topological polar surface area (TPSA) is 72.5 Å². The number of rotatable bonds is 0. The van der Waals surface area contributed by atoms with E-state index in [-0.39, 0.29) is 11.3 Å². The van der Waals surface area contributed by atoms with Crippen LogP contribution < -0.4 is 8.91 Å². The first-order valence-corrected chi connectivity index (χ1v) is 5.74. The van der Waals surface area contributed by atoms with E-state index in [4.69, 9.17) is 0 Å². The van der Waals surface area contributed by atoms with Crippen LogP contribution >= 0.6 is 15.9 Å². The van der Waals surface area contributed by atoms with Gasteiger partial charge in [-0.25, -0.2) is 4.72 Å². The summed E-state index contributed by atoms with van der Waals surface area (Å²) in [6.45, 7) is 0. The number of fused-ring (bicyclic) bond motifs is 1. The predicted molar refractivity (Wildman–Crippen MR) is 51.2 cm³/mol. The van der Waals surface area contributed by atoms with Crippen LogP contribution in [0.5, 0.6) is 5.75 Å². The zero-order valence-corrected chi connectivity index (χ0v) is 9.05. The fourth-order valence-corrected chi connectivity index (χ4v) is 2.18. The van der Waals surface area contributed by atoms with Gasteiger partial charge in [-0.1, -0.05) is 15.9 Å². The number of hydrogen-bond donors (Lipinski definition) is 1. The molecule has 0 unspecified atom stereocenters. The highest BCUT2D eigenvalue weighted by atomic mass is 79.9. The summed E-state index contributed by atoms with van der Waals surface area (Å²) in [4.78, 5) is 11.3. The van der Waals surface area contributed by atoms with Gasteiger partial charge in [0.25, 0.3) is 5.91 Å². The van der Waals surface area contributed by atoms with Crippen LogP contribution in [0.3, 0.4) is 0 Å². The normalized spacial score (nSPS) is 17.9. The highest BCUT2D eigenvalue weighted by Gasteiger charge is 2.28. The van der Waals surface area contributed by atoms with Crippen molar-refractivity contribution in [3.8, 4) is 5.75 Å². The van der Waals surface area contributed by atoms with Crippen LogP contribution in [0.1, 0.15) is 10.4 Å². The Kier molecular flexibility index (Phi) is 2.00. The van der Waals surface area contributed by atoms with Crippen molar-refractivity contribution in [3.63, 3.8) is 0 Å². The summed E-state index contributed by atoms with van der Waals surface area (Å²) < 4.78 is 28.9. The number of carbonyl (C=O) groups is 1. The van der Waals surface area contributed by atoms with Crippen LogP contribution in [-0.2, 0) is 10.3 Å². The Balaban J connectivity index is 2.62. The van der Waals surface area contributed by atoms with Crippen molar-refractivity contribution in [2.45, 2.75) is 0 Å². The van der Waals surface area contributed by atoms with Crippen molar-refractivity contribution in [1.82, 2.24) is 4.72 Å². The summed E-state index contributed by atoms with van der Waals surface area (Å²) in [6.07, 6.45) is 0. The average molecular weight is 278 g/mol. The van der Waals surface area contributed by atoms with Crippen LogP contribution in [0.15, 0.2) is 22.7 Å². The summed E-state index contributed by atoms with van der Waals surface area (Å²) in [5.74, 6) is -0.649. The highest BCUT2D eigenvalue weighted by molar-refractivity contribution is 9.10. The van der Waals surface area contributed by atoms with Crippen LogP contribution in [0.4, 0.5) is 0 Å². The molecule has 1 aromatic carbocycles. The summed E-state index contributed by atoms with van der Waals surface area (Å²) in [6, 6.07) is 4.49. The molecule has 0 saturated carbocycles. The minimum Gasteiger partial charge on any atom is -0.366 e. The third-order valence-electron chi connectivity index (χ3n) is 1.60. The average Bonchev–Trinajstić information content (AvgIpc) is 2.05. The molecular formula is C7H4BrNO4S. The Morgan fingerprint density at radius 2 is 2.07 bits per heavy atom. The van der Waals surface area contributed by atoms with Gasteiger partial charge >= 0.3 is 10.3 Å². The zero-order chi connectivity index (χ0) is 10.3. The van der Waals surface area contributed by atoms with Gasteiger partial charge in [-0.3, -0.25) is 4.79 Å². The van der Waals surface area contributed by atoms with Gasteiger partial charge < -0.3 is 4.18 Å². The Morgan fingerprint density at radius 3 is 2.79 bits per heavy atom. The zero-order valence-electron chi connectivity index (χ0n) is 6.65. The molecule has 74 valence electrons. The van der Waals surface area contributed by atoms with Gasteiger partial charge in [-0.2, -0.15) is 8.42 Å². The highest BCUT2D eigenvalue weighted by Crippen LogP contribution is 2.26. The fraction of sp³-hybridized carbons (Fsp3) is 0.